The molecular formula is C19H21N3O3S. The highest BCUT2D eigenvalue weighted by molar-refractivity contribution is 7.90. The zero-order valence-electron chi connectivity index (χ0n) is 15.0. The first kappa shape index (κ1) is 18.3. The van der Waals surface area contributed by atoms with Gasteiger partial charge in [0.15, 0.2) is 9.84 Å². The zero-order valence-corrected chi connectivity index (χ0v) is 15.8. The quantitative estimate of drug-likeness (QED) is 0.661. The number of hydrogen-bond acceptors (Lipinski definition) is 6. The number of benzene rings is 2. The van der Waals surface area contributed by atoms with Crippen LogP contribution in [0, 0.1) is 0 Å². The maximum absolute atomic E-state index is 11.6. The van der Waals surface area contributed by atoms with Crippen LogP contribution in [0.15, 0.2) is 63.9 Å². The van der Waals surface area contributed by atoms with Gasteiger partial charge in [-0.3, -0.25) is 4.90 Å². The van der Waals surface area contributed by atoms with Crippen LogP contribution in [0.2, 0.25) is 0 Å². The lowest BCUT2D eigenvalue weighted by atomic mass is 10.1. The van der Waals surface area contributed by atoms with Gasteiger partial charge in [0.05, 0.1) is 11.4 Å². The van der Waals surface area contributed by atoms with E-state index in [1.807, 2.05) is 56.4 Å². The van der Waals surface area contributed by atoms with Crippen LogP contribution >= 0.6 is 0 Å². The van der Waals surface area contributed by atoms with E-state index in [9.17, 15) is 8.42 Å². The lowest BCUT2D eigenvalue weighted by Gasteiger charge is -2.23. The molecule has 7 heteroatoms. The molecule has 0 amide bonds. The van der Waals surface area contributed by atoms with Crippen LogP contribution in [-0.4, -0.2) is 36.8 Å². The van der Waals surface area contributed by atoms with Crippen LogP contribution in [0.25, 0.3) is 11.5 Å². The first-order valence-corrected chi connectivity index (χ1v) is 10.1. The minimum Gasteiger partial charge on any atom is -0.419 e. The highest BCUT2D eigenvalue weighted by Crippen LogP contribution is 2.23. The Balaban J connectivity index is 1.70. The van der Waals surface area contributed by atoms with Crippen LogP contribution in [0.4, 0.5) is 0 Å². The summed E-state index contributed by atoms with van der Waals surface area (Å²) >= 11 is 0. The summed E-state index contributed by atoms with van der Waals surface area (Å²) in [5, 5.41) is 8.22. The molecular weight excluding hydrogens is 350 g/mol. The highest BCUT2D eigenvalue weighted by Gasteiger charge is 2.17. The van der Waals surface area contributed by atoms with E-state index in [0.717, 1.165) is 11.1 Å². The number of sulfone groups is 1. The Kier molecular flexibility index (Phi) is 5.20. The van der Waals surface area contributed by atoms with Crippen molar-refractivity contribution in [1.29, 1.82) is 0 Å². The average Bonchev–Trinajstić information content (AvgIpc) is 3.09. The minimum atomic E-state index is -3.18. The monoisotopic (exact) mass is 371 g/mol. The van der Waals surface area contributed by atoms with E-state index in [-0.39, 0.29) is 6.04 Å². The van der Waals surface area contributed by atoms with Gasteiger partial charge >= 0.3 is 0 Å². The largest absolute Gasteiger partial charge is 0.419 e. The SMILES string of the molecule is CC(c1ccc(S(C)(=O)=O)cc1)N(C)Cc1nnc(-c2ccccc2)o1. The third kappa shape index (κ3) is 4.17. The molecule has 1 heterocycles. The standard InChI is InChI=1S/C19H21N3O3S/c1-14(15-9-11-17(12-10-15)26(3,23)24)22(2)13-18-20-21-19(25-18)16-7-5-4-6-8-16/h4-12,14H,13H2,1-3H3. The topological polar surface area (TPSA) is 76.3 Å². The molecule has 0 saturated carbocycles. The lowest BCUT2D eigenvalue weighted by Crippen LogP contribution is -2.22. The normalized spacial score (nSPS) is 13.1. The number of nitrogens with zero attached hydrogens (tertiary/aromatic N) is 3. The molecule has 0 radical (unpaired) electrons. The molecule has 3 aromatic rings. The summed E-state index contributed by atoms with van der Waals surface area (Å²) in [7, 11) is -1.22. The third-order valence-electron chi connectivity index (χ3n) is 4.32. The molecule has 136 valence electrons. The molecule has 0 fully saturated rings. The van der Waals surface area contributed by atoms with Crippen LogP contribution in [0.3, 0.4) is 0 Å². The Morgan fingerprint density at radius 3 is 2.31 bits per heavy atom. The molecule has 0 aliphatic carbocycles. The Morgan fingerprint density at radius 2 is 1.69 bits per heavy atom. The van der Waals surface area contributed by atoms with Gasteiger partial charge in [0.25, 0.3) is 0 Å². The Labute approximate surface area is 153 Å². The molecule has 6 nitrogen and oxygen atoms in total. The smallest absolute Gasteiger partial charge is 0.247 e. The Hall–Kier alpha value is -2.51. The second-order valence-corrected chi connectivity index (χ2v) is 8.32. The fourth-order valence-electron chi connectivity index (χ4n) is 2.61. The molecule has 0 aliphatic rings. The van der Waals surface area contributed by atoms with Crippen LogP contribution in [0.5, 0.6) is 0 Å². The summed E-state index contributed by atoms with van der Waals surface area (Å²) in [4.78, 5) is 2.39. The van der Waals surface area contributed by atoms with E-state index in [0.29, 0.717) is 23.2 Å². The molecule has 3 rings (SSSR count). The predicted molar refractivity (Wildman–Crippen MR) is 99.2 cm³/mol. The highest BCUT2D eigenvalue weighted by atomic mass is 32.2. The van der Waals surface area contributed by atoms with Crippen molar-refractivity contribution in [3.8, 4) is 11.5 Å². The summed E-state index contributed by atoms with van der Waals surface area (Å²) in [5.74, 6) is 1.03. The van der Waals surface area contributed by atoms with Gasteiger partial charge in [-0.2, -0.15) is 0 Å². The summed E-state index contributed by atoms with van der Waals surface area (Å²) in [6.07, 6.45) is 1.21. The fourth-order valence-corrected chi connectivity index (χ4v) is 3.24. The van der Waals surface area contributed by atoms with Gasteiger partial charge in [0.2, 0.25) is 11.8 Å². The molecule has 0 N–H and O–H groups in total. The second-order valence-electron chi connectivity index (χ2n) is 6.30. The lowest BCUT2D eigenvalue weighted by molar-refractivity contribution is 0.228. The maximum atomic E-state index is 11.6. The van der Waals surface area contributed by atoms with Gasteiger partial charge in [-0.25, -0.2) is 8.42 Å². The van der Waals surface area contributed by atoms with Crippen molar-refractivity contribution < 1.29 is 12.8 Å². The number of hydrogen-bond donors (Lipinski definition) is 0. The summed E-state index contributed by atoms with van der Waals surface area (Å²) in [5.41, 5.74) is 1.90. The second kappa shape index (κ2) is 7.39. The Bertz CT molecular complexity index is 967. The molecule has 0 spiro atoms. The van der Waals surface area contributed by atoms with Crippen LogP contribution in [0.1, 0.15) is 24.4 Å². The molecule has 0 aliphatic heterocycles. The van der Waals surface area contributed by atoms with E-state index < -0.39 is 9.84 Å². The predicted octanol–water partition coefficient (Wildman–Crippen LogP) is 3.33. The van der Waals surface area contributed by atoms with Crippen molar-refractivity contribution in [1.82, 2.24) is 15.1 Å². The molecule has 0 saturated heterocycles. The van der Waals surface area contributed by atoms with Crippen molar-refractivity contribution in [3.63, 3.8) is 0 Å². The maximum Gasteiger partial charge on any atom is 0.247 e. The van der Waals surface area contributed by atoms with Crippen molar-refractivity contribution in [2.45, 2.75) is 24.4 Å². The van der Waals surface area contributed by atoms with Gasteiger partial charge in [-0.15, -0.1) is 10.2 Å². The van der Waals surface area contributed by atoms with Crippen molar-refractivity contribution >= 4 is 9.84 Å². The van der Waals surface area contributed by atoms with E-state index in [1.165, 1.54) is 6.26 Å². The first-order chi connectivity index (χ1) is 12.3. The molecule has 1 aromatic heterocycles. The fraction of sp³-hybridized carbons (Fsp3) is 0.263. The van der Waals surface area contributed by atoms with E-state index in [1.54, 1.807) is 12.1 Å². The van der Waals surface area contributed by atoms with Crippen molar-refractivity contribution in [2.24, 2.45) is 0 Å². The molecule has 26 heavy (non-hydrogen) atoms. The number of rotatable bonds is 6. The minimum absolute atomic E-state index is 0.0654. The van der Waals surface area contributed by atoms with E-state index in [2.05, 4.69) is 15.1 Å². The van der Waals surface area contributed by atoms with Gasteiger partial charge in [-0.1, -0.05) is 30.3 Å². The van der Waals surface area contributed by atoms with Gasteiger partial charge in [0.1, 0.15) is 0 Å². The van der Waals surface area contributed by atoms with Crippen LogP contribution in [-0.2, 0) is 16.4 Å². The molecule has 0 bridgehead atoms. The Morgan fingerprint density at radius 1 is 1.04 bits per heavy atom. The third-order valence-corrected chi connectivity index (χ3v) is 5.45. The van der Waals surface area contributed by atoms with Crippen molar-refractivity contribution in [3.05, 3.63) is 66.1 Å². The van der Waals surface area contributed by atoms with Gasteiger partial charge in [-0.05, 0) is 43.8 Å². The summed E-state index contributed by atoms with van der Waals surface area (Å²) in [6.45, 7) is 2.54. The molecule has 1 unspecified atom stereocenters. The number of aromatic nitrogens is 2. The van der Waals surface area contributed by atoms with Crippen molar-refractivity contribution in [2.75, 3.05) is 13.3 Å². The summed E-state index contributed by atoms with van der Waals surface area (Å²) in [6, 6.07) is 16.6. The van der Waals surface area contributed by atoms with Crippen LogP contribution < -0.4 is 0 Å². The van der Waals surface area contributed by atoms with E-state index in [4.69, 9.17) is 4.42 Å². The first-order valence-electron chi connectivity index (χ1n) is 8.22. The zero-order chi connectivity index (χ0) is 18.7. The summed E-state index contributed by atoms with van der Waals surface area (Å²) < 4.78 is 28.9. The molecule has 2 aromatic carbocycles. The van der Waals surface area contributed by atoms with Gasteiger partial charge in [0, 0.05) is 17.9 Å². The average molecular weight is 371 g/mol. The molecule has 1 atom stereocenters. The van der Waals surface area contributed by atoms with Gasteiger partial charge < -0.3 is 4.42 Å². The van der Waals surface area contributed by atoms with E-state index >= 15 is 0 Å².